The average Bonchev–Trinajstić information content (AvgIpc) is 3.45. The molecule has 10 heteroatoms. The molecule has 0 aromatic heterocycles. The van der Waals surface area contributed by atoms with E-state index in [2.05, 4.69) is 0 Å². The van der Waals surface area contributed by atoms with Crippen LogP contribution < -0.4 is 0 Å². The van der Waals surface area contributed by atoms with Gasteiger partial charge in [0.1, 0.15) is 10.7 Å². The minimum absolute atomic E-state index is 0.0829. The van der Waals surface area contributed by atoms with Crippen LogP contribution in [0.15, 0.2) is 23.1 Å². The van der Waals surface area contributed by atoms with Crippen LogP contribution in [-0.2, 0) is 14.8 Å². The first-order chi connectivity index (χ1) is 12.3. The molecule has 1 amide bonds. The minimum Gasteiger partial charge on any atom is -0.379 e. The van der Waals surface area contributed by atoms with Crippen LogP contribution in [0.2, 0.25) is 0 Å². The maximum absolute atomic E-state index is 14.2. The van der Waals surface area contributed by atoms with Gasteiger partial charge in [0.2, 0.25) is 10.0 Å². The molecule has 1 aromatic carbocycles. The average molecular weight is 392 g/mol. The molecule has 0 radical (unpaired) electrons. The number of benzene rings is 1. The van der Waals surface area contributed by atoms with Gasteiger partial charge in [0.05, 0.1) is 19.8 Å². The Morgan fingerprint density at radius 3 is 2.50 bits per heavy atom. The summed E-state index contributed by atoms with van der Waals surface area (Å²) in [4.78, 5) is 13.0. The van der Waals surface area contributed by atoms with E-state index < -0.39 is 39.6 Å². The van der Waals surface area contributed by atoms with Crippen molar-refractivity contribution in [1.29, 1.82) is 0 Å². The number of rotatable bonds is 6. The van der Waals surface area contributed by atoms with Crippen molar-refractivity contribution in [2.75, 3.05) is 32.8 Å². The largest absolute Gasteiger partial charge is 0.379 e. The van der Waals surface area contributed by atoms with E-state index in [1.54, 1.807) is 0 Å². The first kappa shape index (κ1) is 19.1. The highest BCUT2D eigenvalue weighted by Gasteiger charge is 2.36. The molecule has 2 aliphatic rings. The molecule has 0 N–H and O–H groups in total. The Balaban J connectivity index is 1.90. The normalized spacial score (nSPS) is 18.9. The van der Waals surface area contributed by atoms with Crippen LogP contribution in [0.1, 0.15) is 23.2 Å². The lowest BCUT2D eigenvalue weighted by molar-refractivity contribution is 0.0534. The van der Waals surface area contributed by atoms with Crippen molar-refractivity contribution in [1.82, 2.24) is 9.21 Å². The van der Waals surface area contributed by atoms with E-state index in [-0.39, 0.29) is 37.9 Å². The molecule has 26 heavy (non-hydrogen) atoms. The molecular formula is C16H19F3N2O4S. The highest BCUT2D eigenvalue weighted by atomic mass is 32.2. The second-order valence-electron chi connectivity index (χ2n) is 6.24. The fourth-order valence-electron chi connectivity index (χ4n) is 2.86. The zero-order valence-corrected chi connectivity index (χ0v) is 14.7. The summed E-state index contributed by atoms with van der Waals surface area (Å²) in [5.41, 5.74) is -0.120. The monoisotopic (exact) mass is 392 g/mol. The predicted molar refractivity (Wildman–Crippen MR) is 86.0 cm³/mol. The van der Waals surface area contributed by atoms with Gasteiger partial charge in [-0.2, -0.15) is 4.31 Å². The molecule has 1 aliphatic heterocycles. The lowest BCUT2D eigenvalue weighted by Crippen LogP contribution is -2.41. The van der Waals surface area contributed by atoms with Gasteiger partial charge >= 0.3 is 0 Å². The number of ether oxygens (including phenoxy) is 1. The van der Waals surface area contributed by atoms with Gasteiger partial charge in [-0.05, 0) is 31.0 Å². The smallest absolute Gasteiger partial charge is 0.255 e. The molecule has 3 rings (SSSR count). The van der Waals surface area contributed by atoms with Crippen molar-refractivity contribution < 1.29 is 31.1 Å². The van der Waals surface area contributed by atoms with Crippen molar-refractivity contribution in [2.24, 2.45) is 0 Å². The molecule has 1 aromatic rings. The van der Waals surface area contributed by atoms with Gasteiger partial charge in [-0.15, -0.1) is 0 Å². The number of amides is 1. The van der Waals surface area contributed by atoms with Crippen molar-refractivity contribution in [3.63, 3.8) is 0 Å². The topological polar surface area (TPSA) is 66.9 Å². The summed E-state index contributed by atoms with van der Waals surface area (Å²) in [5, 5.41) is 0. The molecule has 144 valence electrons. The standard InChI is InChI=1S/C16H19F3N2O4S/c17-13-4-1-11(16(22)21(10-15(18)19)12-2-3-12)9-14(13)26(23,24)20-5-7-25-8-6-20/h1,4,9,12,15H,2-3,5-8,10H2. The van der Waals surface area contributed by atoms with Gasteiger partial charge in [0.25, 0.3) is 12.3 Å². The second-order valence-corrected chi connectivity index (χ2v) is 8.15. The second kappa shape index (κ2) is 7.53. The van der Waals surface area contributed by atoms with E-state index in [4.69, 9.17) is 4.74 Å². The Morgan fingerprint density at radius 2 is 1.92 bits per heavy atom. The lowest BCUT2D eigenvalue weighted by atomic mass is 10.2. The molecule has 0 spiro atoms. The Kier molecular flexibility index (Phi) is 5.54. The van der Waals surface area contributed by atoms with Crippen LogP contribution in [0.3, 0.4) is 0 Å². The molecule has 0 bridgehead atoms. The van der Waals surface area contributed by atoms with Crippen LogP contribution in [-0.4, -0.2) is 68.8 Å². The van der Waals surface area contributed by atoms with Crippen LogP contribution in [0, 0.1) is 5.82 Å². The molecular weight excluding hydrogens is 373 g/mol. The molecule has 1 saturated heterocycles. The third-order valence-electron chi connectivity index (χ3n) is 4.35. The summed E-state index contributed by atoms with van der Waals surface area (Å²) in [6.07, 6.45) is -1.45. The van der Waals surface area contributed by atoms with Crippen molar-refractivity contribution in [2.45, 2.75) is 30.2 Å². The molecule has 6 nitrogen and oxygen atoms in total. The maximum Gasteiger partial charge on any atom is 0.255 e. The van der Waals surface area contributed by atoms with Gasteiger partial charge in [-0.1, -0.05) is 0 Å². The molecule has 2 fully saturated rings. The molecule has 0 unspecified atom stereocenters. The SMILES string of the molecule is O=C(c1ccc(F)c(S(=O)(=O)N2CCOCC2)c1)N(CC(F)F)C1CC1. The summed E-state index contributed by atoms with van der Waals surface area (Å²) in [6.45, 7) is -0.169. The van der Waals surface area contributed by atoms with E-state index in [0.717, 1.165) is 27.4 Å². The number of morpholine rings is 1. The number of hydrogen-bond donors (Lipinski definition) is 0. The predicted octanol–water partition coefficient (Wildman–Crippen LogP) is 1.72. The Hall–Kier alpha value is -1.65. The number of halogens is 3. The van der Waals surface area contributed by atoms with Gasteiger partial charge in [0.15, 0.2) is 0 Å². The van der Waals surface area contributed by atoms with Crippen molar-refractivity contribution >= 4 is 15.9 Å². The first-order valence-electron chi connectivity index (χ1n) is 8.27. The highest BCUT2D eigenvalue weighted by molar-refractivity contribution is 7.89. The molecule has 1 heterocycles. The Bertz CT molecular complexity index is 778. The van der Waals surface area contributed by atoms with Gasteiger partial charge in [-0.3, -0.25) is 4.79 Å². The van der Waals surface area contributed by atoms with Crippen LogP contribution >= 0.6 is 0 Å². The zero-order chi connectivity index (χ0) is 18.9. The fourth-order valence-corrected chi connectivity index (χ4v) is 4.36. The lowest BCUT2D eigenvalue weighted by Gasteiger charge is -2.26. The number of sulfonamides is 1. The van der Waals surface area contributed by atoms with Crippen LogP contribution in [0.5, 0.6) is 0 Å². The molecule has 0 atom stereocenters. The van der Waals surface area contributed by atoms with Crippen LogP contribution in [0.25, 0.3) is 0 Å². The number of carbonyl (C=O) groups is 1. The van der Waals surface area contributed by atoms with E-state index in [9.17, 15) is 26.4 Å². The molecule has 1 saturated carbocycles. The quantitative estimate of drug-likeness (QED) is 0.739. The summed E-state index contributed by atoms with van der Waals surface area (Å²) in [5.74, 6) is -1.70. The third kappa shape index (κ3) is 4.02. The fraction of sp³-hybridized carbons (Fsp3) is 0.562. The summed E-state index contributed by atoms with van der Waals surface area (Å²) >= 11 is 0. The number of alkyl halides is 2. The number of hydrogen-bond acceptors (Lipinski definition) is 4. The first-order valence-corrected chi connectivity index (χ1v) is 9.71. The highest BCUT2D eigenvalue weighted by Crippen LogP contribution is 2.30. The molecule has 1 aliphatic carbocycles. The Morgan fingerprint density at radius 1 is 1.27 bits per heavy atom. The van der Waals surface area contributed by atoms with Crippen LogP contribution in [0.4, 0.5) is 13.2 Å². The van der Waals surface area contributed by atoms with Crippen molar-refractivity contribution in [3.05, 3.63) is 29.6 Å². The minimum atomic E-state index is -4.14. The van der Waals surface area contributed by atoms with Crippen molar-refractivity contribution in [3.8, 4) is 0 Å². The van der Waals surface area contributed by atoms with E-state index in [1.807, 2.05) is 0 Å². The maximum atomic E-state index is 14.2. The Labute approximate surface area is 149 Å². The summed E-state index contributed by atoms with van der Waals surface area (Å²) in [6, 6.07) is 2.66. The number of carbonyl (C=O) groups excluding carboxylic acids is 1. The summed E-state index contributed by atoms with van der Waals surface area (Å²) in [7, 11) is -4.14. The summed E-state index contributed by atoms with van der Waals surface area (Å²) < 4.78 is 71.2. The zero-order valence-electron chi connectivity index (χ0n) is 13.9. The third-order valence-corrected chi connectivity index (χ3v) is 6.26. The van der Waals surface area contributed by atoms with Gasteiger partial charge < -0.3 is 9.64 Å². The van der Waals surface area contributed by atoms with Gasteiger partial charge in [-0.25, -0.2) is 21.6 Å². The van der Waals surface area contributed by atoms with E-state index in [0.29, 0.717) is 12.8 Å². The van der Waals surface area contributed by atoms with E-state index in [1.165, 1.54) is 0 Å². The van der Waals surface area contributed by atoms with Gasteiger partial charge in [0, 0.05) is 24.7 Å². The van der Waals surface area contributed by atoms with E-state index >= 15 is 0 Å². The number of nitrogens with zero attached hydrogens (tertiary/aromatic N) is 2.